The molecule has 0 aliphatic carbocycles. The van der Waals surface area contributed by atoms with Crippen LogP contribution in [0.2, 0.25) is 5.02 Å². The van der Waals surface area contributed by atoms with Crippen LogP contribution >= 0.6 is 11.6 Å². The normalized spacial score (nSPS) is 12.2. The van der Waals surface area contributed by atoms with E-state index in [0.717, 1.165) is 27.7 Å². The standard InChI is InChI=1S/C24H18ClN5O/c1-15(29-23-18-10-11-26-13-20(18)27-14-28-23)21-12-16-6-5-9-19(25)22(16)24(31)30(21)17-7-3-2-4-8-17/h2-15H,1H3,(H,27,28,29)/t15-/m0/s1. The summed E-state index contributed by atoms with van der Waals surface area (Å²) in [7, 11) is 0. The monoisotopic (exact) mass is 427 g/mol. The molecule has 2 aromatic carbocycles. The van der Waals surface area contributed by atoms with E-state index in [2.05, 4.69) is 20.3 Å². The first kappa shape index (κ1) is 19.2. The third-order valence-electron chi connectivity index (χ3n) is 5.27. The van der Waals surface area contributed by atoms with Crippen molar-refractivity contribution in [1.82, 2.24) is 19.5 Å². The molecule has 0 aliphatic heterocycles. The van der Waals surface area contributed by atoms with Gasteiger partial charge in [-0.2, -0.15) is 0 Å². The highest BCUT2D eigenvalue weighted by atomic mass is 35.5. The van der Waals surface area contributed by atoms with E-state index in [1.807, 2.05) is 61.5 Å². The summed E-state index contributed by atoms with van der Waals surface area (Å²) in [4.78, 5) is 26.4. The Bertz CT molecular complexity index is 1460. The molecule has 5 aromatic rings. The maximum absolute atomic E-state index is 13.6. The molecule has 3 aromatic heterocycles. The second-order valence-corrected chi connectivity index (χ2v) is 7.64. The summed E-state index contributed by atoms with van der Waals surface area (Å²) < 4.78 is 1.71. The molecular weight excluding hydrogens is 410 g/mol. The van der Waals surface area contributed by atoms with Crippen molar-refractivity contribution >= 4 is 39.1 Å². The van der Waals surface area contributed by atoms with Crippen LogP contribution in [0.5, 0.6) is 0 Å². The molecule has 6 nitrogen and oxygen atoms in total. The predicted molar refractivity (Wildman–Crippen MR) is 124 cm³/mol. The quantitative estimate of drug-likeness (QED) is 0.429. The number of hydrogen-bond acceptors (Lipinski definition) is 5. The van der Waals surface area contributed by atoms with Gasteiger partial charge >= 0.3 is 0 Å². The molecule has 31 heavy (non-hydrogen) atoms. The van der Waals surface area contributed by atoms with E-state index < -0.39 is 0 Å². The van der Waals surface area contributed by atoms with Crippen LogP contribution in [0.15, 0.2) is 84.2 Å². The third-order valence-corrected chi connectivity index (χ3v) is 5.59. The maximum atomic E-state index is 13.6. The topological polar surface area (TPSA) is 72.7 Å². The van der Waals surface area contributed by atoms with Crippen molar-refractivity contribution < 1.29 is 0 Å². The van der Waals surface area contributed by atoms with Crippen molar-refractivity contribution in [2.45, 2.75) is 13.0 Å². The SMILES string of the molecule is C[C@H](Nc1ncnc2cnccc12)c1cc2cccc(Cl)c2c(=O)n1-c1ccccc1. The molecule has 0 radical (unpaired) electrons. The first-order valence-electron chi connectivity index (χ1n) is 9.84. The van der Waals surface area contributed by atoms with Gasteiger partial charge in [0.1, 0.15) is 12.1 Å². The molecule has 0 amide bonds. The number of nitrogens with zero attached hydrogens (tertiary/aromatic N) is 4. The van der Waals surface area contributed by atoms with Crippen LogP contribution < -0.4 is 10.9 Å². The van der Waals surface area contributed by atoms with Crippen LogP contribution in [0.3, 0.4) is 0 Å². The molecule has 7 heteroatoms. The zero-order valence-electron chi connectivity index (χ0n) is 16.7. The number of benzene rings is 2. The van der Waals surface area contributed by atoms with E-state index in [-0.39, 0.29) is 11.6 Å². The van der Waals surface area contributed by atoms with Crippen molar-refractivity contribution in [3.63, 3.8) is 0 Å². The molecule has 0 spiro atoms. The summed E-state index contributed by atoms with van der Waals surface area (Å²) in [6.45, 7) is 2.00. The molecule has 0 unspecified atom stereocenters. The molecule has 152 valence electrons. The van der Waals surface area contributed by atoms with Crippen molar-refractivity contribution in [3.05, 3.63) is 100 Å². The van der Waals surface area contributed by atoms with Gasteiger partial charge in [-0.1, -0.05) is 41.9 Å². The highest BCUT2D eigenvalue weighted by Gasteiger charge is 2.18. The number of aromatic nitrogens is 4. The van der Waals surface area contributed by atoms with Crippen molar-refractivity contribution in [3.8, 4) is 5.69 Å². The smallest absolute Gasteiger partial charge is 0.264 e. The van der Waals surface area contributed by atoms with E-state index >= 15 is 0 Å². The minimum Gasteiger partial charge on any atom is -0.361 e. The zero-order chi connectivity index (χ0) is 21.4. The number of halogens is 1. The van der Waals surface area contributed by atoms with Gasteiger partial charge < -0.3 is 5.32 Å². The average molecular weight is 428 g/mol. The lowest BCUT2D eigenvalue weighted by Crippen LogP contribution is -2.25. The Morgan fingerprint density at radius 2 is 1.87 bits per heavy atom. The van der Waals surface area contributed by atoms with E-state index in [1.165, 1.54) is 6.33 Å². The number of pyridine rings is 2. The average Bonchev–Trinajstić information content (AvgIpc) is 2.79. The van der Waals surface area contributed by atoms with Crippen LogP contribution in [-0.2, 0) is 0 Å². The number of nitrogens with one attached hydrogen (secondary N) is 1. The van der Waals surface area contributed by atoms with Gasteiger partial charge in [0.2, 0.25) is 0 Å². The lowest BCUT2D eigenvalue weighted by molar-refractivity contribution is 0.774. The van der Waals surface area contributed by atoms with Gasteiger partial charge in [-0.05, 0) is 42.6 Å². The fourth-order valence-electron chi connectivity index (χ4n) is 3.80. The van der Waals surface area contributed by atoms with Crippen LogP contribution in [0, 0.1) is 0 Å². The molecule has 0 saturated carbocycles. The van der Waals surface area contributed by atoms with Gasteiger partial charge in [-0.15, -0.1) is 0 Å². The van der Waals surface area contributed by atoms with Gasteiger partial charge in [0.05, 0.1) is 28.2 Å². The number of anilines is 1. The van der Waals surface area contributed by atoms with Gasteiger partial charge in [-0.25, -0.2) is 9.97 Å². The van der Waals surface area contributed by atoms with E-state index in [0.29, 0.717) is 16.2 Å². The van der Waals surface area contributed by atoms with Crippen LogP contribution in [0.25, 0.3) is 27.4 Å². The minimum absolute atomic E-state index is 0.158. The Morgan fingerprint density at radius 1 is 1.03 bits per heavy atom. The Morgan fingerprint density at radius 3 is 2.71 bits per heavy atom. The highest BCUT2D eigenvalue weighted by molar-refractivity contribution is 6.35. The molecule has 0 saturated heterocycles. The molecular formula is C24H18ClN5O. The number of hydrogen-bond donors (Lipinski definition) is 1. The Labute approximate surface area is 183 Å². The molecule has 0 aliphatic rings. The molecule has 3 heterocycles. The van der Waals surface area contributed by atoms with E-state index in [4.69, 9.17) is 11.6 Å². The lowest BCUT2D eigenvalue weighted by Gasteiger charge is -2.22. The number of fused-ring (bicyclic) bond motifs is 2. The zero-order valence-corrected chi connectivity index (χ0v) is 17.4. The predicted octanol–water partition coefficient (Wildman–Crippen LogP) is 5.16. The highest BCUT2D eigenvalue weighted by Crippen LogP contribution is 2.28. The summed E-state index contributed by atoms with van der Waals surface area (Å²) in [5.74, 6) is 0.679. The van der Waals surface area contributed by atoms with Gasteiger partial charge in [-0.3, -0.25) is 14.3 Å². The Kier molecular flexibility index (Phi) is 4.84. The fraction of sp³-hybridized carbons (Fsp3) is 0.0833. The van der Waals surface area contributed by atoms with E-state index in [9.17, 15) is 4.79 Å². The van der Waals surface area contributed by atoms with Crippen LogP contribution in [0.1, 0.15) is 18.7 Å². The fourth-order valence-corrected chi connectivity index (χ4v) is 4.07. The van der Waals surface area contributed by atoms with Crippen molar-refractivity contribution in [1.29, 1.82) is 0 Å². The summed E-state index contributed by atoms with van der Waals surface area (Å²) >= 11 is 6.40. The third kappa shape index (κ3) is 3.41. The minimum atomic E-state index is -0.234. The summed E-state index contributed by atoms with van der Waals surface area (Å²) in [5.41, 5.74) is 2.16. The molecule has 1 atom stereocenters. The lowest BCUT2D eigenvalue weighted by atomic mass is 10.1. The Balaban J connectivity index is 1.71. The second kappa shape index (κ2) is 7.81. The second-order valence-electron chi connectivity index (χ2n) is 7.23. The first-order chi connectivity index (χ1) is 15.1. The summed E-state index contributed by atoms with van der Waals surface area (Å²) in [6, 6.07) is 18.7. The molecule has 0 bridgehead atoms. The van der Waals surface area contributed by atoms with E-state index in [1.54, 1.807) is 23.0 Å². The van der Waals surface area contributed by atoms with Gasteiger partial charge in [0.25, 0.3) is 5.56 Å². The molecule has 5 rings (SSSR count). The summed E-state index contributed by atoms with van der Waals surface area (Å²) in [5, 5.41) is 6.05. The number of para-hydroxylation sites is 1. The first-order valence-corrected chi connectivity index (χ1v) is 10.2. The number of rotatable bonds is 4. The Hall–Kier alpha value is -3.77. The van der Waals surface area contributed by atoms with Crippen molar-refractivity contribution in [2.75, 3.05) is 5.32 Å². The van der Waals surface area contributed by atoms with Crippen LogP contribution in [0.4, 0.5) is 5.82 Å². The molecule has 0 fully saturated rings. The largest absolute Gasteiger partial charge is 0.361 e. The van der Waals surface area contributed by atoms with Gasteiger partial charge in [0.15, 0.2) is 0 Å². The molecule has 1 N–H and O–H groups in total. The van der Waals surface area contributed by atoms with Crippen molar-refractivity contribution in [2.24, 2.45) is 0 Å². The van der Waals surface area contributed by atoms with Gasteiger partial charge in [0, 0.05) is 23.0 Å². The maximum Gasteiger partial charge on any atom is 0.264 e. The summed E-state index contributed by atoms with van der Waals surface area (Å²) in [6.07, 6.45) is 4.91. The van der Waals surface area contributed by atoms with Crippen LogP contribution in [-0.4, -0.2) is 19.5 Å².